The van der Waals surface area contributed by atoms with Crippen molar-refractivity contribution in [1.29, 1.82) is 5.26 Å². The molecule has 138 valence electrons. The van der Waals surface area contributed by atoms with E-state index < -0.39 is 5.41 Å². The van der Waals surface area contributed by atoms with Crippen molar-refractivity contribution in [2.24, 2.45) is 0 Å². The maximum Gasteiger partial charge on any atom is 0.132 e. The third-order valence-electron chi connectivity index (χ3n) is 5.75. The van der Waals surface area contributed by atoms with Crippen LogP contribution in [0, 0.1) is 32.1 Å². The number of nitrogens with one attached hydrogen (secondary N) is 1. The molecule has 1 aromatic heterocycles. The van der Waals surface area contributed by atoms with E-state index in [0.29, 0.717) is 0 Å². The van der Waals surface area contributed by atoms with Crippen LogP contribution in [0.2, 0.25) is 0 Å². The molecule has 28 heavy (non-hydrogen) atoms. The van der Waals surface area contributed by atoms with Gasteiger partial charge in [-0.15, -0.1) is 0 Å². The number of aromatic amines is 1. The van der Waals surface area contributed by atoms with Gasteiger partial charge in [0.05, 0.1) is 6.07 Å². The Balaban J connectivity index is 2.06. The minimum absolute atomic E-state index is 0.231. The van der Waals surface area contributed by atoms with Crippen molar-refractivity contribution < 1.29 is 5.11 Å². The Bertz CT molecular complexity index is 1210. The second-order valence-electron chi connectivity index (χ2n) is 7.36. The van der Waals surface area contributed by atoms with Crippen LogP contribution in [0.1, 0.15) is 33.5 Å². The standard InChI is InChI=1S/C25H22N2O/c1-16-13-20(10-12-24(16)28)25(15-26,19-7-5-4-6-8-19)21-9-11-22-17(2)18(3)27-23(22)14-21/h4-14,27-28H,1-3H3. The first kappa shape index (κ1) is 17.9. The van der Waals surface area contributed by atoms with Gasteiger partial charge in [-0.1, -0.05) is 54.6 Å². The molecule has 4 rings (SSSR count). The average Bonchev–Trinajstić information content (AvgIpc) is 3.00. The Hall–Kier alpha value is -3.51. The van der Waals surface area contributed by atoms with Crippen LogP contribution in [-0.4, -0.2) is 10.1 Å². The maximum atomic E-state index is 10.5. The molecule has 3 heteroatoms. The second-order valence-corrected chi connectivity index (χ2v) is 7.36. The van der Waals surface area contributed by atoms with Crippen molar-refractivity contribution in [1.82, 2.24) is 4.98 Å². The summed E-state index contributed by atoms with van der Waals surface area (Å²) in [5.74, 6) is 0.231. The summed E-state index contributed by atoms with van der Waals surface area (Å²) in [7, 11) is 0. The number of phenols is 1. The topological polar surface area (TPSA) is 59.8 Å². The first-order valence-corrected chi connectivity index (χ1v) is 9.33. The summed E-state index contributed by atoms with van der Waals surface area (Å²) in [6, 6.07) is 24.1. The van der Waals surface area contributed by atoms with Gasteiger partial charge in [0.2, 0.25) is 0 Å². The molecule has 0 aliphatic rings. The number of nitrogens with zero attached hydrogens (tertiary/aromatic N) is 1. The lowest BCUT2D eigenvalue weighted by atomic mass is 9.70. The molecular formula is C25H22N2O. The van der Waals surface area contributed by atoms with E-state index in [2.05, 4.69) is 37.0 Å². The third-order valence-corrected chi connectivity index (χ3v) is 5.75. The van der Waals surface area contributed by atoms with Crippen molar-refractivity contribution in [3.8, 4) is 11.8 Å². The summed E-state index contributed by atoms with van der Waals surface area (Å²) in [6.07, 6.45) is 0. The number of hydrogen-bond donors (Lipinski definition) is 2. The number of phenolic OH excluding ortho intramolecular Hbond substituents is 1. The smallest absolute Gasteiger partial charge is 0.132 e. The van der Waals surface area contributed by atoms with E-state index in [-0.39, 0.29) is 5.75 Å². The monoisotopic (exact) mass is 366 g/mol. The molecule has 0 aliphatic carbocycles. The molecule has 0 spiro atoms. The molecule has 4 aromatic rings. The SMILES string of the molecule is Cc1cc(C(C#N)(c2ccccc2)c2ccc3c(C)c(C)[nH]c3c2)ccc1O. The number of H-pyrrole nitrogens is 1. The highest BCUT2D eigenvalue weighted by atomic mass is 16.3. The van der Waals surface area contributed by atoms with Gasteiger partial charge in [0.15, 0.2) is 0 Å². The van der Waals surface area contributed by atoms with Gasteiger partial charge in [0.1, 0.15) is 11.2 Å². The Morgan fingerprint density at radius 1 is 0.857 bits per heavy atom. The number of aromatic hydroxyl groups is 1. The Kier molecular flexibility index (Phi) is 4.20. The van der Waals surface area contributed by atoms with Crippen LogP contribution < -0.4 is 0 Å². The number of hydrogen-bond acceptors (Lipinski definition) is 2. The zero-order chi connectivity index (χ0) is 19.9. The number of aryl methyl sites for hydroxylation is 3. The van der Waals surface area contributed by atoms with Crippen molar-refractivity contribution in [2.45, 2.75) is 26.2 Å². The van der Waals surface area contributed by atoms with E-state index >= 15 is 0 Å². The van der Waals surface area contributed by atoms with Crippen LogP contribution in [0.3, 0.4) is 0 Å². The molecule has 1 atom stereocenters. The second kappa shape index (κ2) is 6.58. The number of rotatable bonds is 3. The fourth-order valence-corrected chi connectivity index (χ4v) is 3.98. The maximum absolute atomic E-state index is 10.5. The quantitative estimate of drug-likeness (QED) is 0.460. The van der Waals surface area contributed by atoms with E-state index in [1.807, 2.05) is 55.5 Å². The van der Waals surface area contributed by atoms with Gasteiger partial charge in [-0.3, -0.25) is 0 Å². The lowest BCUT2D eigenvalue weighted by Gasteiger charge is -2.29. The van der Waals surface area contributed by atoms with Crippen LogP contribution in [-0.2, 0) is 5.41 Å². The predicted octanol–water partition coefficient (Wildman–Crippen LogP) is 5.66. The Morgan fingerprint density at radius 2 is 1.54 bits per heavy atom. The summed E-state index contributed by atoms with van der Waals surface area (Å²) in [5.41, 5.74) is 5.82. The van der Waals surface area contributed by atoms with Gasteiger partial charge < -0.3 is 10.1 Å². The molecule has 0 radical (unpaired) electrons. The van der Waals surface area contributed by atoms with E-state index in [1.54, 1.807) is 6.07 Å². The molecule has 0 saturated carbocycles. The molecule has 1 heterocycles. The summed E-state index contributed by atoms with van der Waals surface area (Å²) < 4.78 is 0. The lowest BCUT2D eigenvalue weighted by molar-refractivity contribution is 0.470. The van der Waals surface area contributed by atoms with Crippen molar-refractivity contribution in [3.63, 3.8) is 0 Å². The normalized spacial score (nSPS) is 13.2. The fourth-order valence-electron chi connectivity index (χ4n) is 3.98. The number of nitriles is 1. The minimum Gasteiger partial charge on any atom is -0.508 e. The van der Waals surface area contributed by atoms with Crippen molar-refractivity contribution in [3.05, 3.63) is 100 Å². The highest BCUT2D eigenvalue weighted by molar-refractivity contribution is 5.85. The van der Waals surface area contributed by atoms with Crippen molar-refractivity contribution >= 4 is 10.9 Å². The fraction of sp³-hybridized carbons (Fsp3) is 0.160. The van der Waals surface area contributed by atoms with Gasteiger partial charge in [0, 0.05) is 16.6 Å². The van der Waals surface area contributed by atoms with Crippen LogP contribution in [0.25, 0.3) is 10.9 Å². The van der Waals surface area contributed by atoms with Gasteiger partial charge in [-0.05, 0) is 60.7 Å². The van der Waals surface area contributed by atoms with E-state index in [4.69, 9.17) is 0 Å². The van der Waals surface area contributed by atoms with Crippen LogP contribution in [0.5, 0.6) is 5.75 Å². The first-order valence-electron chi connectivity index (χ1n) is 9.33. The highest BCUT2D eigenvalue weighted by Gasteiger charge is 2.37. The molecule has 3 nitrogen and oxygen atoms in total. The Labute approximate surface area is 164 Å². The van der Waals surface area contributed by atoms with Crippen LogP contribution in [0.15, 0.2) is 66.7 Å². The molecular weight excluding hydrogens is 344 g/mol. The van der Waals surface area contributed by atoms with Gasteiger partial charge >= 0.3 is 0 Å². The molecule has 1 unspecified atom stereocenters. The lowest BCUT2D eigenvalue weighted by Crippen LogP contribution is -2.27. The number of benzene rings is 3. The molecule has 0 amide bonds. The van der Waals surface area contributed by atoms with Gasteiger partial charge in [-0.25, -0.2) is 0 Å². The van der Waals surface area contributed by atoms with E-state index in [1.165, 1.54) is 10.9 Å². The summed E-state index contributed by atoms with van der Waals surface area (Å²) >= 11 is 0. The number of fused-ring (bicyclic) bond motifs is 1. The molecule has 0 saturated heterocycles. The predicted molar refractivity (Wildman–Crippen MR) is 113 cm³/mol. The zero-order valence-corrected chi connectivity index (χ0v) is 16.2. The summed E-state index contributed by atoms with van der Waals surface area (Å²) in [5, 5.41) is 21.7. The highest BCUT2D eigenvalue weighted by Crippen LogP contribution is 2.41. The molecule has 3 aromatic carbocycles. The minimum atomic E-state index is -0.971. The van der Waals surface area contributed by atoms with Crippen LogP contribution in [0.4, 0.5) is 0 Å². The van der Waals surface area contributed by atoms with Gasteiger partial charge in [-0.2, -0.15) is 5.26 Å². The van der Waals surface area contributed by atoms with E-state index in [0.717, 1.165) is 33.5 Å². The molecule has 0 fully saturated rings. The molecule has 0 bridgehead atoms. The largest absolute Gasteiger partial charge is 0.508 e. The molecule has 0 aliphatic heterocycles. The first-order chi connectivity index (χ1) is 13.5. The summed E-state index contributed by atoms with van der Waals surface area (Å²) in [6.45, 7) is 6.02. The number of aromatic nitrogens is 1. The van der Waals surface area contributed by atoms with Crippen LogP contribution >= 0.6 is 0 Å². The third kappa shape index (κ3) is 2.58. The summed E-state index contributed by atoms with van der Waals surface area (Å²) in [4.78, 5) is 3.44. The zero-order valence-electron chi connectivity index (χ0n) is 16.2. The molecule has 2 N–H and O–H groups in total. The Morgan fingerprint density at radius 3 is 2.21 bits per heavy atom. The van der Waals surface area contributed by atoms with Gasteiger partial charge in [0.25, 0.3) is 0 Å². The van der Waals surface area contributed by atoms with E-state index in [9.17, 15) is 10.4 Å². The van der Waals surface area contributed by atoms with Crippen molar-refractivity contribution in [2.75, 3.05) is 0 Å². The average molecular weight is 366 g/mol.